The molecular weight excluding hydrogens is 264 g/mol. The molecule has 0 amide bonds. The SMILES string of the molecule is CCOC(=O)C1=C2CCc3ccccc3C2(C)CCC1=O. The third-order valence-corrected chi connectivity index (χ3v) is 4.83. The van der Waals surface area contributed by atoms with Crippen LogP contribution in [0.25, 0.3) is 0 Å². The molecule has 0 aromatic heterocycles. The number of carbonyl (C=O) groups excluding carboxylic acids is 2. The summed E-state index contributed by atoms with van der Waals surface area (Å²) >= 11 is 0. The number of aryl methyl sites for hydroxylation is 1. The summed E-state index contributed by atoms with van der Waals surface area (Å²) in [6.45, 7) is 4.23. The van der Waals surface area contributed by atoms with Gasteiger partial charge in [0.1, 0.15) is 5.57 Å². The normalized spacial score (nSPS) is 24.4. The number of fused-ring (bicyclic) bond motifs is 3. The zero-order valence-corrected chi connectivity index (χ0v) is 12.6. The van der Waals surface area contributed by atoms with E-state index in [4.69, 9.17) is 4.74 Å². The van der Waals surface area contributed by atoms with E-state index in [2.05, 4.69) is 25.1 Å². The second-order valence-electron chi connectivity index (χ2n) is 5.99. The Morgan fingerprint density at radius 3 is 2.76 bits per heavy atom. The fourth-order valence-corrected chi connectivity index (χ4v) is 3.76. The average Bonchev–Trinajstić information content (AvgIpc) is 2.48. The molecule has 0 bridgehead atoms. The van der Waals surface area contributed by atoms with Crippen molar-refractivity contribution in [2.75, 3.05) is 6.61 Å². The molecule has 3 rings (SSSR count). The summed E-state index contributed by atoms with van der Waals surface area (Å²) in [5, 5.41) is 0. The van der Waals surface area contributed by atoms with Gasteiger partial charge in [-0.1, -0.05) is 31.2 Å². The van der Waals surface area contributed by atoms with Crippen molar-refractivity contribution < 1.29 is 14.3 Å². The van der Waals surface area contributed by atoms with Crippen molar-refractivity contribution in [3.63, 3.8) is 0 Å². The number of rotatable bonds is 2. The fourth-order valence-electron chi connectivity index (χ4n) is 3.76. The standard InChI is InChI=1S/C18H20O3/c1-3-21-17(20)16-14-9-8-12-6-4-5-7-13(12)18(14,2)11-10-15(16)19/h4-7H,3,8-11H2,1-2H3. The van der Waals surface area contributed by atoms with E-state index < -0.39 is 5.97 Å². The van der Waals surface area contributed by atoms with Crippen LogP contribution in [-0.4, -0.2) is 18.4 Å². The number of allylic oxidation sites excluding steroid dienone is 1. The van der Waals surface area contributed by atoms with E-state index in [-0.39, 0.29) is 11.2 Å². The third-order valence-electron chi connectivity index (χ3n) is 4.83. The first-order chi connectivity index (χ1) is 10.1. The maximum atomic E-state index is 12.3. The summed E-state index contributed by atoms with van der Waals surface area (Å²) in [4.78, 5) is 24.5. The lowest BCUT2D eigenvalue weighted by Gasteiger charge is -2.42. The van der Waals surface area contributed by atoms with Crippen LogP contribution in [0.15, 0.2) is 35.4 Å². The van der Waals surface area contributed by atoms with Crippen molar-refractivity contribution in [2.24, 2.45) is 0 Å². The van der Waals surface area contributed by atoms with Gasteiger partial charge in [-0.3, -0.25) is 4.79 Å². The van der Waals surface area contributed by atoms with Crippen LogP contribution in [0, 0.1) is 0 Å². The van der Waals surface area contributed by atoms with Gasteiger partial charge in [0.25, 0.3) is 0 Å². The maximum absolute atomic E-state index is 12.3. The van der Waals surface area contributed by atoms with Gasteiger partial charge in [-0.25, -0.2) is 4.79 Å². The summed E-state index contributed by atoms with van der Waals surface area (Å²) in [6, 6.07) is 8.37. The molecule has 2 aliphatic rings. The molecule has 0 heterocycles. The smallest absolute Gasteiger partial charge is 0.341 e. The van der Waals surface area contributed by atoms with Crippen LogP contribution >= 0.6 is 0 Å². The number of carbonyl (C=O) groups is 2. The Morgan fingerprint density at radius 2 is 2.00 bits per heavy atom. The number of ketones is 1. The summed E-state index contributed by atoms with van der Waals surface area (Å²) in [5.74, 6) is -0.497. The molecule has 1 aromatic rings. The van der Waals surface area contributed by atoms with Crippen LogP contribution in [0.5, 0.6) is 0 Å². The van der Waals surface area contributed by atoms with Crippen molar-refractivity contribution >= 4 is 11.8 Å². The lowest BCUT2D eigenvalue weighted by Crippen LogP contribution is -2.38. The Bertz CT molecular complexity index is 642. The number of hydrogen-bond donors (Lipinski definition) is 0. The van der Waals surface area contributed by atoms with Crippen LogP contribution in [0.4, 0.5) is 0 Å². The van der Waals surface area contributed by atoms with E-state index in [0.717, 1.165) is 24.8 Å². The van der Waals surface area contributed by atoms with Gasteiger partial charge in [-0.05, 0) is 42.9 Å². The lowest BCUT2D eigenvalue weighted by molar-refractivity contribution is -0.140. The predicted octanol–water partition coefficient (Wildman–Crippen LogP) is 3.11. The highest BCUT2D eigenvalue weighted by Gasteiger charge is 2.44. The van der Waals surface area contributed by atoms with Gasteiger partial charge >= 0.3 is 5.97 Å². The molecule has 0 aliphatic heterocycles. The van der Waals surface area contributed by atoms with E-state index in [1.807, 2.05) is 6.07 Å². The number of hydrogen-bond acceptors (Lipinski definition) is 3. The highest BCUT2D eigenvalue weighted by molar-refractivity contribution is 6.19. The van der Waals surface area contributed by atoms with Gasteiger partial charge in [0.05, 0.1) is 6.61 Å². The van der Waals surface area contributed by atoms with Crippen LogP contribution in [0.1, 0.15) is 44.2 Å². The molecule has 0 radical (unpaired) electrons. The Kier molecular flexibility index (Phi) is 3.44. The molecule has 21 heavy (non-hydrogen) atoms. The van der Waals surface area contributed by atoms with Gasteiger partial charge < -0.3 is 4.74 Å². The summed E-state index contributed by atoms with van der Waals surface area (Å²) in [7, 11) is 0. The third kappa shape index (κ3) is 2.11. The second kappa shape index (κ2) is 5.14. The topological polar surface area (TPSA) is 43.4 Å². The molecule has 2 aliphatic carbocycles. The van der Waals surface area contributed by atoms with E-state index in [0.29, 0.717) is 18.6 Å². The molecule has 0 fully saturated rings. The summed E-state index contributed by atoms with van der Waals surface area (Å²) in [5.41, 5.74) is 3.70. The number of ether oxygens (including phenoxy) is 1. The molecule has 0 saturated carbocycles. The quantitative estimate of drug-likeness (QED) is 0.619. The molecular formula is C18H20O3. The molecule has 0 spiro atoms. The second-order valence-corrected chi connectivity index (χ2v) is 5.99. The number of Topliss-reactive ketones (excluding diaryl/α,β-unsaturated/α-hetero) is 1. The van der Waals surface area contributed by atoms with Crippen molar-refractivity contribution in [3.05, 3.63) is 46.5 Å². The maximum Gasteiger partial charge on any atom is 0.341 e. The molecule has 0 saturated heterocycles. The van der Waals surface area contributed by atoms with Crippen molar-refractivity contribution in [1.29, 1.82) is 0 Å². The zero-order valence-electron chi connectivity index (χ0n) is 12.6. The largest absolute Gasteiger partial charge is 0.462 e. The molecule has 0 N–H and O–H groups in total. The van der Waals surface area contributed by atoms with Crippen LogP contribution in [-0.2, 0) is 26.2 Å². The van der Waals surface area contributed by atoms with Gasteiger partial charge in [0, 0.05) is 11.8 Å². The number of benzene rings is 1. The van der Waals surface area contributed by atoms with Crippen molar-refractivity contribution in [2.45, 2.75) is 44.9 Å². The first kappa shape index (κ1) is 14.1. The highest BCUT2D eigenvalue weighted by Crippen LogP contribution is 2.48. The van der Waals surface area contributed by atoms with Crippen LogP contribution in [0.3, 0.4) is 0 Å². The van der Waals surface area contributed by atoms with Crippen LogP contribution in [0.2, 0.25) is 0 Å². The van der Waals surface area contributed by atoms with E-state index >= 15 is 0 Å². The van der Waals surface area contributed by atoms with Gasteiger partial charge in [0.15, 0.2) is 5.78 Å². The predicted molar refractivity (Wildman–Crippen MR) is 80.0 cm³/mol. The molecule has 1 aromatic carbocycles. The van der Waals surface area contributed by atoms with Crippen molar-refractivity contribution in [1.82, 2.24) is 0 Å². The zero-order chi connectivity index (χ0) is 15.0. The van der Waals surface area contributed by atoms with Gasteiger partial charge in [0.2, 0.25) is 0 Å². The number of esters is 1. The van der Waals surface area contributed by atoms with Crippen LogP contribution < -0.4 is 0 Å². The van der Waals surface area contributed by atoms with Gasteiger partial charge in [-0.2, -0.15) is 0 Å². The molecule has 3 heteroatoms. The average molecular weight is 284 g/mol. The molecule has 110 valence electrons. The Labute approximate surface area is 125 Å². The van der Waals surface area contributed by atoms with Gasteiger partial charge in [-0.15, -0.1) is 0 Å². The minimum atomic E-state index is -0.442. The lowest BCUT2D eigenvalue weighted by atomic mass is 9.61. The first-order valence-corrected chi connectivity index (χ1v) is 7.60. The monoisotopic (exact) mass is 284 g/mol. The minimum absolute atomic E-state index is 0.0553. The van der Waals surface area contributed by atoms with Crippen molar-refractivity contribution in [3.8, 4) is 0 Å². The Morgan fingerprint density at radius 1 is 1.24 bits per heavy atom. The summed E-state index contributed by atoms with van der Waals surface area (Å²) in [6.07, 6.45) is 2.86. The summed E-state index contributed by atoms with van der Waals surface area (Å²) < 4.78 is 5.12. The molecule has 1 atom stereocenters. The van der Waals surface area contributed by atoms with E-state index in [1.165, 1.54) is 11.1 Å². The van der Waals surface area contributed by atoms with E-state index in [9.17, 15) is 9.59 Å². The fraction of sp³-hybridized carbons (Fsp3) is 0.444. The molecule has 1 unspecified atom stereocenters. The first-order valence-electron chi connectivity index (χ1n) is 7.60. The van der Waals surface area contributed by atoms with E-state index in [1.54, 1.807) is 6.92 Å². The highest BCUT2D eigenvalue weighted by atomic mass is 16.5. The minimum Gasteiger partial charge on any atom is -0.462 e. The molecule has 3 nitrogen and oxygen atoms in total. The Balaban J connectivity index is 2.16. The Hall–Kier alpha value is -1.90.